The minimum absolute atomic E-state index is 0. The van der Waals surface area contributed by atoms with Gasteiger partial charge in [0.05, 0.1) is 5.56 Å². The third kappa shape index (κ3) is 3.37. The zero-order chi connectivity index (χ0) is 10.1. The van der Waals surface area contributed by atoms with Crippen LogP contribution in [0.15, 0.2) is 18.2 Å². The van der Waals surface area contributed by atoms with Crippen LogP contribution < -0.4 is 56.8 Å². The molecule has 0 aromatic heterocycles. The van der Waals surface area contributed by atoms with E-state index in [1.807, 2.05) is 0 Å². The van der Waals surface area contributed by atoms with Crippen LogP contribution in [0.2, 0.25) is 0 Å². The monoisotopic (exact) mass is 227 g/mol. The molecule has 0 spiro atoms. The molecule has 0 saturated heterocycles. The zero-order valence-electron chi connectivity index (χ0n) is 7.27. The molecule has 0 radical (unpaired) electrons. The van der Waals surface area contributed by atoms with Crippen molar-refractivity contribution in [3.05, 3.63) is 29.6 Å². The summed E-state index contributed by atoms with van der Waals surface area (Å²) in [5.74, 6) is -1.14. The minimum Gasteiger partial charge on any atom is -0.445 e. The fourth-order valence-electron chi connectivity index (χ4n) is 0.826. The average Bonchev–Trinajstić information content (AvgIpc) is 2.02. The SMILES string of the molecule is N#Cc1ccc([B-](F)(F)F)cc1F.[K+]. The molecule has 1 rings (SSSR count). The summed E-state index contributed by atoms with van der Waals surface area (Å²) in [6.07, 6.45) is 0. The second-order valence-corrected chi connectivity index (χ2v) is 2.43. The topological polar surface area (TPSA) is 23.8 Å². The van der Waals surface area contributed by atoms with Crippen LogP contribution in [-0.4, -0.2) is 6.98 Å². The van der Waals surface area contributed by atoms with Crippen molar-refractivity contribution in [1.29, 1.82) is 5.26 Å². The molecule has 0 heterocycles. The molecule has 0 aliphatic rings. The number of nitrogens with zero attached hydrogens (tertiary/aromatic N) is 1. The van der Waals surface area contributed by atoms with Crippen LogP contribution in [0.25, 0.3) is 0 Å². The van der Waals surface area contributed by atoms with Crippen LogP contribution in [0.5, 0.6) is 0 Å². The molecule has 0 unspecified atom stereocenters. The minimum atomic E-state index is -5.19. The first-order chi connectivity index (χ1) is 5.95. The summed E-state index contributed by atoms with van der Waals surface area (Å²) in [6, 6.07) is 3.29. The smallest absolute Gasteiger partial charge is 0.445 e. The number of halogens is 4. The van der Waals surface area contributed by atoms with Gasteiger partial charge in [0.1, 0.15) is 11.9 Å². The fourth-order valence-corrected chi connectivity index (χ4v) is 0.826. The van der Waals surface area contributed by atoms with Gasteiger partial charge in [0, 0.05) is 0 Å². The molecule has 7 heteroatoms. The maximum Gasteiger partial charge on any atom is 1.00 e. The fraction of sp³-hybridized carbons (Fsp3) is 0. The third-order valence-corrected chi connectivity index (χ3v) is 1.49. The van der Waals surface area contributed by atoms with Crippen molar-refractivity contribution in [3.63, 3.8) is 0 Å². The zero-order valence-corrected chi connectivity index (χ0v) is 10.4. The van der Waals surface area contributed by atoms with Crippen LogP contribution in [0, 0.1) is 17.1 Å². The molecule has 14 heavy (non-hydrogen) atoms. The van der Waals surface area contributed by atoms with E-state index in [1.165, 1.54) is 6.07 Å². The Morgan fingerprint density at radius 3 is 2.14 bits per heavy atom. The first-order valence-corrected chi connectivity index (χ1v) is 3.34. The Kier molecular flexibility index (Phi) is 5.33. The van der Waals surface area contributed by atoms with Crippen LogP contribution in [-0.2, 0) is 0 Å². The summed E-state index contributed by atoms with van der Waals surface area (Å²) in [4.78, 5) is 0. The van der Waals surface area contributed by atoms with Crippen molar-refractivity contribution < 1.29 is 68.7 Å². The molecular formula is C7H3BF4KN. The molecule has 1 aromatic rings. The Bertz CT molecular complexity index is 371. The molecule has 0 amide bonds. The predicted octanol–water partition coefficient (Wildman–Crippen LogP) is -1.24. The van der Waals surface area contributed by atoms with Crippen molar-refractivity contribution in [3.8, 4) is 6.07 Å². The molecule has 0 N–H and O–H groups in total. The van der Waals surface area contributed by atoms with Crippen molar-refractivity contribution >= 4 is 12.4 Å². The molecular weight excluding hydrogens is 224 g/mol. The van der Waals surface area contributed by atoms with Gasteiger partial charge in [-0.15, -0.1) is 5.46 Å². The summed E-state index contributed by atoms with van der Waals surface area (Å²) in [5.41, 5.74) is -1.42. The van der Waals surface area contributed by atoms with Crippen molar-refractivity contribution in [2.75, 3.05) is 0 Å². The normalized spacial score (nSPS) is 10.2. The molecule has 1 aromatic carbocycles. The Labute approximate surface area is 121 Å². The van der Waals surface area contributed by atoms with Gasteiger partial charge in [-0.3, -0.25) is 0 Å². The molecule has 0 saturated carbocycles. The van der Waals surface area contributed by atoms with Gasteiger partial charge in [0.15, 0.2) is 0 Å². The van der Waals surface area contributed by atoms with E-state index in [0.29, 0.717) is 12.1 Å². The van der Waals surface area contributed by atoms with Gasteiger partial charge in [-0.25, -0.2) is 4.39 Å². The van der Waals surface area contributed by atoms with E-state index in [4.69, 9.17) is 5.26 Å². The van der Waals surface area contributed by atoms with Crippen LogP contribution >= 0.6 is 0 Å². The summed E-state index contributed by atoms with van der Waals surface area (Å²) in [7, 11) is 0. The number of rotatable bonds is 1. The van der Waals surface area contributed by atoms with E-state index >= 15 is 0 Å². The van der Waals surface area contributed by atoms with E-state index in [-0.39, 0.29) is 56.9 Å². The number of hydrogen-bond acceptors (Lipinski definition) is 1. The van der Waals surface area contributed by atoms with E-state index in [0.717, 1.165) is 6.07 Å². The van der Waals surface area contributed by atoms with Gasteiger partial charge in [0.25, 0.3) is 0 Å². The Balaban J connectivity index is 0.00000169. The molecule has 0 aliphatic heterocycles. The summed E-state index contributed by atoms with van der Waals surface area (Å²) >= 11 is 0. The molecule has 0 aliphatic carbocycles. The summed E-state index contributed by atoms with van der Waals surface area (Å²) < 4.78 is 48.7. The van der Waals surface area contributed by atoms with E-state index in [9.17, 15) is 17.3 Å². The van der Waals surface area contributed by atoms with Gasteiger partial charge in [-0.1, -0.05) is 12.1 Å². The van der Waals surface area contributed by atoms with Gasteiger partial charge in [-0.05, 0) is 6.07 Å². The van der Waals surface area contributed by atoms with Gasteiger partial charge in [0.2, 0.25) is 0 Å². The van der Waals surface area contributed by atoms with E-state index in [2.05, 4.69) is 0 Å². The van der Waals surface area contributed by atoms with Crippen LogP contribution in [0.4, 0.5) is 17.3 Å². The molecule has 68 valence electrons. The Morgan fingerprint density at radius 1 is 1.21 bits per heavy atom. The molecule has 0 fully saturated rings. The predicted molar refractivity (Wildman–Crippen MR) is 39.8 cm³/mol. The molecule has 0 bridgehead atoms. The van der Waals surface area contributed by atoms with E-state index < -0.39 is 18.3 Å². The second kappa shape index (κ2) is 5.28. The van der Waals surface area contributed by atoms with Gasteiger partial charge < -0.3 is 12.9 Å². The maximum absolute atomic E-state index is 12.7. The number of nitriles is 1. The number of benzene rings is 1. The maximum atomic E-state index is 12.7. The van der Waals surface area contributed by atoms with Crippen LogP contribution in [0.1, 0.15) is 5.56 Å². The Hall–Kier alpha value is 0.131. The van der Waals surface area contributed by atoms with Crippen LogP contribution in [0.3, 0.4) is 0 Å². The molecule has 0 atom stereocenters. The standard InChI is InChI=1S/C7H3BF4N.K/c9-7-3-6(8(10,11)12)2-1-5(7)4-13;/h1-3H;/q-1;+1. The Morgan fingerprint density at radius 2 is 1.79 bits per heavy atom. The second-order valence-electron chi connectivity index (χ2n) is 2.43. The van der Waals surface area contributed by atoms with Crippen molar-refractivity contribution in [2.24, 2.45) is 0 Å². The molecule has 1 nitrogen and oxygen atoms in total. The quantitative estimate of drug-likeness (QED) is 0.434. The van der Waals surface area contributed by atoms with Gasteiger partial charge >= 0.3 is 58.4 Å². The third-order valence-electron chi connectivity index (χ3n) is 1.49. The average molecular weight is 227 g/mol. The van der Waals surface area contributed by atoms with E-state index in [1.54, 1.807) is 0 Å². The van der Waals surface area contributed by atoms with Crippen molar-refractivity contribution in [2.45, 2.75) is 0 Å². The first kappa shape index (κ1) is 14.1. The first-order valence-electron chi connectivity index (χ1n) is 3.34. The van der Waals surface area contributed by atoms with Gasteiger partial charge in [-0.2, -0.15) is 5.26 Å². The van der Waals surface area contributed by atoms with Crippen molar-refractivity contribution in [1.82, 2.24) is 0 Å². The summed E-state index contributed by atoms with van der Waals surface area (Å²) in [5, 5.41) is 8.25. The summed E-state index contributed by atoms with van der Waals surface area (Å²) in [6.45, 7) is -5.19. The number of hydrogen-bond donors (Lipinski definition) is 0. The largest absolute Gasteiger partial charge is 1.00 e.